The Morgan fingerprint density at radius 2 is 2.00 bits per heavy atom. The molecule has 162 valence electrons. The second-order valence-electron chi connectivity index (χ2n) is 7.38. The Kier molecular flexibility index (Phi) is 6.75. The van der Waals surface area contributed by atoms with E-state index in [1.165, 1.54) is 0 Å². The summed E-state index contributed by atoms with van der Waals surface area (Å²) in [6.07, 6.45) is 1.47. The third-order valence-electron chi connectivity index (χ3n) is 5.32. The minimum atomic E-state index is -0.0821. The molecule has 1 aromatic heterocycles. The van der Waals surface area contributed by atoms with Crippen molar-refractivity contribution < 1.29 is 14.1 Å². The Balaban J connectivity index is 1.32. The van der Waals surface area contributed by atoms with Gasteiger partial charge in [0, 0.05) is 16.5 Å². The molecule has 7 nitrogen and oxygen atoms in total. The molecule has 2 aromatic carbocycles. The third-order valence-corrected chi connectivity index (χ3v) is 5.88. The molecular weight excluding hydrogens is 439 g/mol. The number of ether oxygens (including phenoxy) is 1. The van der Waals surface area contributed by atoms with Crippen molar-refractivity contribution in [1.82, 2.24) is 15.0 Å². The molecule has 0 atom stereocenters. The molecule has 1 aliphatic heterocycles. The Labute approximate surface area is 190 Å². The maximum absolute atomic E-state index is 12.7. The van der Waals surface area contributed by atoms with Crippen LogP contribution < -0.4 is 10.1 Å². The SMILES string of the molecule is COc1ccc(Cl)cc1NC(=O)C1CCN(Cc2nc(-c3ccccc3Cl)no2)CC1. The van der Waals surface area contributed by atoms with Crippen LogP contribution in [0.4, 0.5) is 5.69 Å². The van der Waals surface area contributed by atoms with Crippen LogP contribution in [0.1, 0.15) is 18.7 Å². The lowest BCUT2D eigenvalue weighted by Crippen LogP contribution is -2.37. The number of hydrogen-bond acceptors (Lipinski definition) is 6. The van der Waals surface area contributed by atoms with Gasteiger partial charge in [0.1, 0.15) is 5.75 Å². The standard InChI is InChI=1S/C22H22Cl2N4O3/c1-30-19-7-6-15(23)12-18(19)25-22(29)14-8-10-28(11-9-14)13-20-26-21(27-31-20)16-4-2-3-5-17(16)24/h2-7,12,14H,8-11,13H2,1H3,(H,25,29). The Hall–Kier alpha value is -2.61. The maximum Gasteiger partial charge on any atom is 0.241 e. The van der Waals surface area contributed by atoms with E-state index in [1.54, 1.807) is 31.4 Å². The first-order valence-electron chi connectivity index (χ1n) is 9.97. The fourth-order valence-corrected chi connectivity index (χ4v) is 4.02. The van der Waals surface area contributed by atoms with Crippen LogP contribution in [-0.4, -0.2) is 41.1 Å². The molecule has 1 aliphatic rings. The number of aromatic nitrogens is 2. The predicted octanol–water partition coefficient (Wildman–Crippen LogP) is 4.90. The Morgan fingerprint density at radius 3 is 2.74 bits per heavy atom. The number of piperidine rings is 1. The summed E-state index contributed by atoms with van der Waals surface area (Å²) in [6, 6.07) is 12.5. The van der Waals surface area contributed by atoms with Crippen molar-refractivity contribution in [2.75, 3.05) is 25.5 Å². The van der Waals surface area contributed by atoms with Crippen molar-refractivity contribution >= 4 is 34.8 Å². The molecule has 2 heterocycles. The zero-order valence-electron chi connectivity index (χ0n) is 17.0. The number of nitrogens with one attached hydrogen (secondary N) is 1. The number of halogens is 2. The quantitative estimate of drug-likeness (QED) is 0.563. The van der Waals surface area contributed by atoms with E-state index in [9.17, 15) is 4.79 Å². The number of nitrogens with zero attached hydrogens (tertiary/aromatic N) is 3. The highest BCUT2D eigenvalue weighted by Gasteiger charge is 2.26. The molecule has 0 bridgehead atoms. The van der Waals surface area contributed by atoms with Crippen molar-refractivity contribution in [2.24, 2.45) is 5.92 Å². The molecule has 1 saturated heterocycles. The largest absolute Gasteiger partial charge is 0.495 e. The van der Waals surface area contributed by atoms with Crippen molar-refractivity contribution in [3.63, 3.8) is 0 Å². The number of likely N-dealkylation sites (tertiary alicyclic amines) is 1. The zero-order valence-corrected chi connectivity index (χ0v) is 18.5. The number of carbonyl (C=O) groups excluding carboxylic acids is 1. The zero-order chi connectivity index (χ0) is 21.8. The van der Waals surface area contributed by atoms with Gasteiger partial charge in [0.2, 0.25) is 17.6 Å². The van der Waals surface area contributed by atoms with Gasteiger partial charge in [-0.1, -0.05) is 40.5 Å². The van der Waals surface area contributed by atoms with Crippen LogP contribution in [-0.2, 0) is 11.3 Å². The van der Waals surface area contributed by atoms with E-state index in [0.717, 1.165) is 31.5 Å². The molecule has 1 N–H and O–H groups in total. The average molecular weight is 461 g/mol. The highest BCUT2D eigenvalue weighted by Crippen LogP contribution is 2.30. The van der Waals surface area contributed by atoms with Crippen LogP contribution in [0.15, 0.2) is 47.0 Å². The van der Waals surface area contributed by atoms with E-state index in [4.69, 9.17) is 32.5 Å². The molecule has 9 heteroatoms. The van der Waals surface area contributed by atoms with Crippen molar-refractivity contribution in [3.8, 4) is 17.1 Å². The minimum absolute atomic E-state index is 0.0287. The lowest BCUT2D eigenvalue weighted by atomic mass is 9.96. The Morgan fingerprint density at radius 1 is 1.23 bits per heavy atom. The third kappa shape index (κ3) is 5.18. The fraction of sp³-hybridized carbons (Fsp3) is 0.318. The van der Waals surface area contributed by atoms with Crippen LogP contribution in [0.5, 0.6) is 5.75 Å². The van der Waals surface area contributed by atoms with Crippen LogP contribution in [0, 0.1) is 5.92 Å². The minimum Gasteiger partial charge on any atom is -0.495 e. The van der Waals surface area contributed by atoms with Gasteiger partial charge in [0.15, 0.2) is 0 Å². The number of methoxy groups -OCH3 is 1. The smallest absolute Gasteiger partial charge is 0.241 e. The summed E-state index contributed by atoms with van der Waals surface area (Å²) in [5.74, 6) is 1.48. The highest BCUT2D eigenvalue weighted by atomic mass is 35.5. The Bertz CT molecular complexity index is 1060. The molecule has 4 rings (SSSR count). The molecule has 3 aromatic rings. The normalized spacial score (nSPS) is 15.1. The number of amides is 1. The molecule has 31 heavy (non-hydrogen) atoms. The summed E-state index contributed by atoms with van der Waals surface area (Å²) in [5, 5.41) is 8.11. The van der Waals surface area contributed by atoms with Crippen LogP contribution in [0.2, 0.25) is 10.0 Å². The lowest BCUT2D eigenvalue weighted by Gasteiger charge is -2.30. The van der Waals surface area contributed by atoms with E-state index < -0.39 is 0 Å². The molecule has 0 radical (unpaired) electrons. The summed E-state index contributed by atoms with van der Waals surface area (Å²) in [6.45, 7) is 2.05. The maximum atomic E-state index is 12.7. The summed E-state index contributed by atoms with van der Waals surface area (Å²) in [5.41, 5.74) is 1.33. The summed E-state index contributed by atoms with van der Waals surface area (Å²) in [4.78, 5) is 19.4. The van der Waals surface area contributed by atoms with Crippen molar-refractivity contribution in [1.29, 1.82) is 0 Å². The number of benzene rings is 2. The van der Waals surface area contributed by atoms with Gasteiger partial charge >= 0.3 is 0 Å². The first-order chi connectivity index (χ1) is 15.0. The topological polar surface area (TPSA) is 80.5 Å². The molecule has 1 fully saturated rings. The summed E-state index contributed by atoms with van der Waals surface area (Å²) in [7, 11) is 1.56. The van der Waals surface area contributed by atoms with Crippen LogP contribution >= 0.6 is 23.2 Å². The van der Waals surface area contributed by atoms with Gasteiger partial charge in [-0.3, -0.25) is 9.69 Å². The lowest BCUT2D eigenvalue weighted by molar-refractivity contribution is -0.121. The van der Waals surface area contributed by atoms with E-state index in [-0.39, 0.29) is 11.8 Å². The number of anilines is 1. The van der Waals surface area contributed by atoms with Crippen molar-refractivity contribution in [2.45, 2.75) is 19.4 Å². The molecule has 0 spiro atoms. The number of rotatable bonds is 6. The fourth-order valence-electron chi connectivity index (χ4n) is 3.63. The van der Waals surface area contributed by atoms with Gasteiger partial charge in [0.25, 0.3) is 0 Å². The van der Waals surface area contributed by atoms with Gasteiger partial charge in [-0.25, -0.2) is 0 Å². The predicted molar refractivity (Wildman–Crippen MR) is 119 cm³/mol. The van der Waals surface area contributed by atoms with Gasteiger partial charge in [-0.15, -0.1) is 0 Å². The molecular formula is C22H22Cl2N4O3. The van der Waals surface area contributed by atoms with Gasteiger partial charge in [-0.2, -0.15) is 4.98 Å². The van der Waals surface area contributed by atoms with E-state index in [1.807, 2.05) is 18.2 Å². The van der Waals surface area contributed by atoms with E-state index in [0.29, 0.717) is 39.7 Å². The highest BCUT2D eigenvalue weighted by molar-refractivity contribution is 6.33. The molecule has 0 saturated carbocycles. The average Bonchev–Trinajstić information content (AvgIpc) is 3.23. The van der Waals surface area contributed by atoms with E-state index >= 15 is 0 Å². The monoisotopic (exact) mass is 460 g/mol. The van der Waals surface area contributed by atoms with Crippen molar-refractivity contribution in [3.05, 3.63) is 58.4 Å². The first-order valence-corrected chi connectivity index (χ1v) is 10.7. The molecule has 1 amide bonds. The summed E-state index contributed by atoms with van der Waals surface area (Å²) < 4.78 is 10.7. The number of carbonyl (C=O) groups is 1. The second-order valence-corrected chi connectivity index (χ2v) is 8.22. The van der Waals surface area contributed by atoms with Gasteiger partial charge in [-0.05, 0) is 56.3 Å². The summed E-state index contributed by atoms with van der Waals surface area (Å²) >= 11 is 12.3. The van der Waals surface area contributed by atoms with Gasteiger partial charge in [0.05, 0.1) is 24.4 Å². The number of hydrogen-bond donors (Lipinski definition) is 1. The first kappa shape index (κ1) is 21.6. The van der Waals surface area contributed by atoms with Crippen LogP contribution in [0.25, 0.3) is 11.4 Å². The van der Waals surface area contributed by atoms with Crippen LogP contribution in [0.3, 0.4) is 0 Å². The van der Waals surface area contributed by atoms with E-state index in [2.05, 4.69) is 20.4 Å². The molecule has 0 aliphatic carbocycles. The van der Waals surface area contributed by atoms with Gasteiger partial charge < -0.3 is 14.6 Å². The second kappa shape index (κ2) is 9.68. The molecule has 0 unspecified atom stereocenters.